The van der Waals surface area contributed by atoms with Gasteiger partial charge in [0.1, 0.15) is 0 Å². The highest BCUT2D eigenvalue weighted by atomic mass is 16.5. The van der Waals surface area contributed by atoms with Crippen molar-refractivity contribution < 1.29 is 14.3 Å². The molecule has 1 aliphatic heterocycles. The number of hydrogen-bond donors (Lipinski definition) is 2. The molecule has 1 aromatic heterocycles. The first-order valence-corrected chi connectivity index (χ1v) is 10.3. The van der Waals surface area contributed by atoms with Gasteiger partial charge in [0.15, 0.2) is 5.82 Å². The average molecular weight is 418 g/mol. The Hall–Kier alpha value is -3.45. The fraction of sp³-hybridized carbons (Fsp3) is 0.292. The smallest absolute Gasteiger partial charge is 0.230 e. The first-order valence-electron chi connectivity index (χ1n) is 10.3. The van der Waals surface area contributed by atoms with Crippen LogP contribution in [0.15, 0.2) is 60.7 Å². The van der Waals surface area contributed by atoms with Crippen molar-refractivity contribution >= 4 is 17.6 Å². The summed E-state index contributed by atoms with van der Waals surface area (Å²) in [6.45, 7) is 4.39. The summed E-state index contributed by atoms with van der Waals surface area (Å²) >= 11 is 0. The number of methoxy groups -OCH3 is 1. The second-order valence-electron chi connectivity index (χ2n) is 8.15. The number of anilines is 1. The summed E-state index contributed by atoms with van der Waals surface area (Å²) < 4.78 is 7.45. The topological polar surface area (TPSA) is 85.2 Å². The normalized spacial score (nSPS) is 16.2. The lowest BCUT2D eigenvalue weighted by molar-refractivity contribution is -0.123. The quantitative estimate of drug-likeness (QED) is 0.642. The first kappa shape index (κ1) is 20.8. The number of hydrogen-bond acceptors (Lipinski definition) is 4. The fourth-order valence-corrected chi connectivity index (χ4v) is 3.60. The van der Waals surface area contributed by atoms with Crippen LogP contribution in [0.25, 0.3) is 16.9 Å². The molecule has 0 spiro atoms. The van der Waals surface area contributed by atoms with E-state index in [9.17, 15) is 9.59 Å². The molecule has 2 amide bonds. The van der Waals surface area contributed by atoms with Crippen LogP contribution in [0.3, 0.4) is 0 Å². The number of rotatable bonds is 6. The Kier molecular flexibility index (Phi) is 5.61. The van der Waals surface area contributed by atoms with Gasteiger partial charge in [0, 0.05) is 31.7 Å². The van der Waals surface area contributed by atoms with Crippen LogP contribution in [0.1, 0.15) is 25.8 Å². The van der Waals surface area contributed by atoms with Gasteiger partial charge >= 0.3 is 0 Å². The largest absolute Gasteiger partial charge is 0.374 e. The van der Waals surface area contributed by atoms with Crippen molar-refractivity contribution in [2.24, 2.45) is 5.92 Å². The SMILES string of the molecule is COC(C)(C)c1cccc(-c2cc(NC(=O)[C@H]3CNC(=O)C3)nn2-c2ccccc2)c1. The summed E-state index contributed by atoms with van der Waals surface area (Å²) in [7, 11) is 1.69. The van der Waals surface area contributed by atoms with Crippen LogP contribution in [0.2, 0.25) is 0 Å². The molecule has 2 N–H and O–H groups in total. The summed E-state index contributed by atoms with van der Waals surface area (Å²) in [6, 6.07) is 19.7. The van der Waals surface area contributed by atoms with Crippen LogP contribution < -0.4 is 10.6 Å². The third-order valence-corrected chi connectivity index (χ3v) is 5.67. The van der Waals surface area contributed by atoms with Crippen LogP contribution in [0, 0.1) is 5.92 Å². The Morgan fingerprint density at radius 3 is 2.61 bits per heavy atom. The van der Waals surface area contributed by atoms with Crippen LogP contribution >= 0.6 is 0 Å². The van der Waals surface area contributed by atoms with Gasteiger partial charge in [-0.15, -0.1) is 5.10 Å². The van der Waals surface area contributed by atoms with Gasteiger partial charge in [-0.25, -0.2) is 4.68 Å². The van der Waals surface area contributed by atoms with E-state index in [1.165, 1.54) is 0 Å². The van der Waals surface area contributed by atoms with Crippen molar-refractivity contribution in [3.05, 3.63) is 66.2 Å². The highest BCUT2D eigenvalue weighted by Crippen LogP contribution is 2.31. The predicted molar refractivity (Wildman–Crippen MR) is 119 cm³/mol. The van der Waals surface area contributed by atoms with Gasteiger partial charge in [0.25, 0.3) is 0 Å². The third-order valence-electron chi connectivity index (χ3n) is 5.67. The second kappa shape index (κ2) is 8.35. The number of carbonyl (C=O) groups is 2. The highest BCUT2D eigenvalue weighted by Gasteiger charge is 2.28. The van der Waals surface area contributed by atoms with E-state index in [-0.39, 0.29) is 24.2 Å². The van der Waals surface area contributed by atoms with Crippen molar-refractivity contribution in [2.45, 2.75) is 25.9 Å². The molecule has 1 saturated heterocycles. The fourth-order valence-electron chi connectivity index (χ4n) is 3.60. The molecule has 7 nitrogen and oxygen atoms in total. The standard InChI is InChI=1S/C24H26N4O3/c1-24(2,31-3)18-9-7-8-16(12-18)20-14-21(26-23(30)17-13-22(29)25-15-17)27-28(20)19-10-5-4-6-11-19/h4-12,14,17H,13,15H2,1-3H3,(H,25,29)(H,26,27,30)/t17-/m1/s1. The van der Waals surface area contributed by atoms with Crippen molar-refractivity contribution in [2.75, 3.05) is 19.0 Å². The molecule has 1 fully saturated rings. The van der Waals surface area contributed by atoms with Gasteiger partial charge in [0.05, 0.1) is 22.9 Å². The lowest BCUT2D eigenvalue weighted by atomic mass is 9.95. The molecule has 0 saturated carbocycles. The minimum atomic E-state index is -0.438. The van der Waals surface area contributed by atoms with Crippen molar-refractivity contribution in [1.29, 1.82) is 0 Å². The zero-order valence-corrected chi connectivity index (χ0v) is 17.9. The second-order valence-corrected chi connectivity index (χ2v) is 8.15. The number of para-hydroxylation sites is 1. The summed E-state index contributed by atoms with van der Waals surface area (Å²) in [5.74, 6) is -0.256. The molecule has 4 rings (SSSR count). The maximum Gasteiger partial charge on any atom is 0.230 e. The Bertz CT molecular complexity index is 1110. The number of nitrogens with zero attached hydrogens (tertiary/aromatic N) is 2. The highest BCUT2D eigenvalue weighted by molar-refractivity contribution is 5.97. The molecule has 7 heteroatoms. The molecule has 1 atom stereocenters. The maximum atomic E-state index is 12.6. The van der Waals surface area contributed by atoms with Crippen molar-refractivity contribution in [3.8, 4) is 16.9 Å². The molecular formula is C24H26N4O3. The van der Waals surface area contributed by atoms with E-state index in [2.05, 4.69) is 21.8 Å². The lowest BCUT2D eigenvalue weighted by Gasteiger charge is -2.24. The molecule has 0 bridgehead atoms. The molecule has 160 valence electrons. The summed E-state index contributed by atoms with van der Waals surface area (Å²) in [6.07, 6.45) is 0.201. The Balaban J connectivity index is 1.72. The molecule has 0 radical (unpaired) electrons. The first-order chi connectivity index (χ1) is 14.9. The number of carbonyl (C=O) groups excluding carboxylic acids is 2. The van der Waals surface area contributed by atoms with Gasteiger partial charge in [-0.3, -0.25) is 9.59 Å². The van der Waals surface area contributed by atoms with Gasteiger partial charge in [0.2, 0.25) is 11.8 Å². The lowest BCUT2D eigenvalue weighted by Crippen LogP contribution is -2.24. The van der Waals surface area contributed by atoms with E-state index in [4.69, 9.17) is 4.74 Å². The number of ether oxygens (including phenoxy) is 1. The van der Waals surface area contributed by atoms with E-state index in [0.717, 1.165) is 22.5 Å². The predicted octanol–water partition coefficient (Wildman–Crippen LogP) is 3.50. The summed E-state index contributed by atoms with van der Waals surface area (Å²) in [4.78, 5) is 24.1. The summed E-state index contributed by atoms with van der Waals surface area (Å²) in [5, 5.41) is 10.2. The zero-order valence-electron chi connectivity index (χ0n) is 17.9. The minimum absolute atomic E-state index is 0.103. The van der Waals surface area contributed by atoms with Crippen LogP contribution in [-0.2, 0) is 19.9 Å². The molecule has 0 aliphatic carbocycles. The van der Waals surface area contributed by atoms with Crippen LogP contribution in [0.5, 0.6) is 0 Å². The Labute approximate surface area is 181 Å². The van der Waals surface area contributed by atoms with E-state index in [1.54, 1.807) is 7.11 Å². The molecular weight excluding hydrogens is 392 g/mol. The Morgan fingerprint density at radius 2 is 1.94 bits per heavy atom. The maximum absolute atomic E-state index is 12.6. The summed E-state index contributed by atoms with van der Waals surface area (Å²) in [5.41, 5.74) is 3.28. The van der Waals surface area contributed by atoms with Gasteiger partial charge < -0.3 is 15.4 Å². The van der Waals surface area contributed by atoms with E-state index >= 15 is 0 Å². The third kappa shape index (κ3) is 4.36. The molecule has 3 aromatic rings. The number of amides is 2. The zero-order chi connectivity index (χ0) is 22.0. The molecule has 0 unspecified atom stereocenters. The van der Waals surface area contributed by atoms with Crippen LogP contribution in [-0.4, -0.2) is 35.2 Å². The van der Waals surface area contributed by atoms with E-state index < -0.39 is 5.60 Å². The molecule has 1 aliphatic rings. The number of aromatic nitrogens is 2. The molecule has 2 aromatic carbocycles. The van der Waals surface area contributed by atoms with E-state index in [0.29, 0.717) is 12.4 Å². The Morgan fingerprint density at radius 1 is 1.16 bits per heavy atom. The van der Waals surface area contributed by atoms with Gasteiger partial charge in [-0.2, -0.15) is 0 Å². The van der Waals surface area contributed by atoms with Gasteiger partial charge in [-0.1, -0.05) is 36.4 Å². The van der Waals surface area contributed by atoms with Crippen LogP contribution in [0.4, 0.5) is 5.82 Å². The number of nitrogens with one attached hydrogen (secondary N) is 2. The minimum Gasteiger partial charge on any atom is -0.374 e. The van der Waals surface area contributed by atoms with Crippen molar-refractivity contribution in [3.63, 3.8) is 0 Å². The van der Waals surface area contributed by atoms with Crippen molar-refractivity contribution in [1.82, 2.24) is 15.1 Å². The molecule has 31 heavy (non-hydrogen) atoms. The monoisotopic (exact) mass is 418 g/mol. The average Bonchev–Trinajstić information content (AvgIpc) is 3.41. The van der Waals surface area contributed by atoms with E-state index in [1.807, 2.05) is 73.1 Å². The molecule has 2 heterocycles. The van der Waals surface area contributed by atoms with Gasteiger partial charge in [-0.05, 0) is 37.6 Å². The number of benzene rings is 2.